The molecule has 1 heterocycles. The quantitative estimate of drug-likeness (QED) is 0.464. The first-order chi connectivity index (χ1) is 5.13. The first kappa shape index (κ1) is 7.26. The number of carbonyl (C=O) groups is 1. The molecule has 0 saturated heterocycles. The molecule has 1 rings (SSSR count). The Balaban J connectivity index is 3.16. The van der Waals surface area contributed by atoms with Gasteiger partial charge in [-0.1, -0.05) is 0 Å². The molecule has 0 aliphatic carbocycles. The average Bonchev–Trinajstić information content (AvgIpc) is 2.32. The molecular weight excluding hydrogens is 150 g/mol. The first-order valence-corrected chi connectivity index (χ1v) is 2.74. The Labute approximate surface area is 61.2 Å². The molecule has 11 heavy (non-hydrogen) atoms. The van der Waals surface area contributed by atoms with E-state index in [1.54, 1.807) is 0 Å². The summed E-state index contributed by atoms with van der Waals surface area (Å²) in [5.41, 5.74) is 4.36. The van der Waals surface area contributed by atoms with Crippen molar-refractivity contribution in [3.8, 4) is 0 Å². The van der Waals surface area contributed by atoms with Crippen molar-refractivity contribution in [2.45, 2.75) is 0 Å². The molecule has 0 bridgehead atoms. The van der Waals surface area contributed by atoms with E-state index < -0.39 is 10.8 Å². The number of hydrogen-bond donors (Lipinski definition) is 2. The number of aromatic nitrogens is 1. The zero-order valence-corrected chi connectivity index (χ0v) is 5.40. The SMILES string of the molecule is NC(=O)c1[nH]ccc1[N+](=O)[O-]. The van der Waals surface area contributed by atoms with Crippen molar-refractivity contribution in [1.82, 2.24) is 4.98 Å². The number of nitro groups is 1. The van der Waals surface area contributed by atoms with E-state index in [4.69, 9.17) is 5.73 Å². The van der Waals surface area contributed by atoms with Crippen LogP contribution in [0, 0.1) is 10.1 Å². The maximum absolute atomic E-state index is 10.5. The van der Waals surface area contributed by atoms with Crippen LogP contribution in [0.25, 0.3) is 0 Å². The van der Waals surface area contributed by atoms with Gasteiger partial charge in [0.25, 0.3) is 11.6 Å². The number of hydrogen-bond acceptors (Lipinski definition) is 3. The van der Waals surface area contributed by atoms with Gasteiger partial charge in [0, 0.05) is 12.3 Å². The molecule has 0 aliphatic rings. The summed E-state index contributed by atoms with van der Waals surface area (Å²) in [6.07, 6.45) is 1.29. The maximum atomic E-state index is 10.5. The molecule has 1 aromatic rings. The van der Waals surface area contributed by atoms with Gasteiger partial charge in [-0.25, -0.2) is 0 Å². The predicted molar refractivity (Wildman–Crippen MR) is 36.0 cm³/mol. The molecule has 6 nitrogen and oxygen atoms in total. The molecule has 3 N–H and O–H groups in total. The second kappa shape index (κ2) is 2.41. The number of primary amides is 1. The number of nitrogens with zero attached hydrogens (tertiary/aromatic N) is 1. The number of aromatic amines is 1. The predicted octanol–water partition coefficient (Wildman–Crippen LogP) is 0.0218. The average molecular weight is 155 g/mol. The van der Waals surface area contributed by atoms with Crippen LogP contribution in [0.15, 0.2) is 12.3 Å². The smallest absolute Gasteiger partial charge is 0.299 e. The van der Waals surface area contributed by atoms with E-state index in [2.05, 4.69) is 4.98 Å². The summed E-state index contributed by atoms with van der Waals surface area (Å²) in [7, 11) is 0. The van der Waals surface area contributed by atoms with Crippen molar-refractivity contribution < 1.29 is 9.72 Å². The van der Waals surface area contributed by atoms with Gasteiger partial charge in [-0.2, -0.15) is 0 Å². The molecule has 6 heteroatoms. The number of nitrogens with two attached hydrogens (primary N) is 1. The van der Waals surface area contributed by atoms with Crippen LogP contribution >= 0.6 is 0 Å². The van der Waals surface area contributed by atoms with Crippen molar-refractivity contribution >= 4 is 11.6 Å². The monoisotopic (exact) mass is 155 g/mol. The third-order valence-corrected chi connectivity index (χ3v) is 1.17. The van der Waals surface area contributed by atoms with Gasteiger partial charge >= 0.3 is 0 Å². The molecular formula is C5H5N3O3. The molecule has 1 aromatic heterocycles. The third kappa shape index (κ3) is 1.18. The Kier molecular flexibility index (Phi) is 1.59. The lowest BCUT2D eigenvalue weighted by molar-refractivity contribution is -0.385. The highest BCUT2D eigenvalue weighted by atomic mass is 16.6. The van der Waals surface area contributed by atoms with Crippen LogP contribution in [0.4, 0.5) is 5.69 Å². The first-order valence-electron chi connectivity index (χ1n) is 2.74. The van der Waals surface area contributed by atoms with E-state index in [-0.39, 0.29) is 11.4 Å². The maximum Gasteiger partial charge on any atom is 0.299 e. The Bertz CT molecular complexity index is 275. The zero-order valence-electron chi connectivity index (χ0n) is 5.40. The number of H-pyrrole nitrogens is 1. The molecule has 0 atom stereocenters. The Morgan fingerprint density at radius 2 is 2.36 bits per heavy atom. The standard InChI is InChI=1S/C5H5N3O3/c6-5(9)4-3(8(10)11)1-2-7-4/h1-2,7H,(H2,6,9). The minimum Gasteiger partial charge on any atom is -0.364 e. The summed E-state index contributed by atoms with van der Waals surface area (Å²) in [5, 5.41) is 10.2. The van der Waals surface area contributed by atoms with Crippen LogP contribution in [0.1, 0.15) is 10.5 Å². The third-order valence-electron chi connectivity index (χ3n) is 1.17. The molecule has 58 valence electrons. The van der Waals surface area contributed by atoms with Crippen molar-refractivity contribution in [3.05, 3.63) is 28.1 Å². The van der Waals surface area contributed by atoms with Crippen molar-refractivity contribution in [2.24, 2.45) is 5.73 Å². The Morgan fingerprint density at radius 1 is 1.73 bits per heavy atom. The van der Waals surface area contributed by atoms with Crippen LogP contribution in [0.5, 0.6) is 0 Å². The second-order valence-electron chi connectivity index (χ2n) is 1.86. The summed E-state index contributed by atoms with van der Waals surface area (Å²) in [4.78, 5) is 22.3. The summed E-state index contributed by atoms with van der Waals surface area (Å²) < 4.78 is 0. The molecule has 0 fully saturated rings. The van der Waals surface area contributed by atoms with Gasteiger partial charge in [-0.3, -0.25) is 14.9 Å². The molecule has 0 saturated carbocycles. The van der Waals surface area contributed by atoms with Gasteiger partial charge in [0.2, 0.25) is 0 Å². The molecule has 1 amide bonds. The van der Waals surface area contributed by atoms with E-state index in [0.717, 1.165) is 0 Å². The normalized spacial score (nSPS) is 9.45. The fourth-order valence-electron chi connectivity index (χ4n) is 0.711. The molecule has 0 unspecified atom stereocenters. The van der Waals surface area contributed by atoms with Gasteiger partial charge in [0.1, 0.15) is 0 Å². The topological polar surface area (TPSA) is 102 Å². The van der Waals surface area contributed by atoms with Crippen LogP contribution in [-0.4, -0.2) is 15.8 Å². The summed E-state index contributed by atoms with van der Waals surface area (Å²) in [6.45, 7) is 0. The highest BCUT2D eigenvalue weighted by molar-refractivity contribution is 5.94. The lowest BCUT2D eigenvalue weighted by Crippen LogP contribution is -2.13. The molecule has 0 aromatic carbocycles. The Morgan fingerprint density at radius 3 is 2.73 bits per heavy atom. The van der Waals surface area contributed by atoms with Gasteiger partial charge in [0.05, 0.1) is 4.92 Å². The number of carbonyl (C=O) groups excluding carboxylic acids is 1. The van der Waals surface area contributed by atoms with Crippen LogP contribution in [-0.2, 0) is 0 Å². The van der Waals surface area contributed by atoms with E-state index in [1.807, 2.05) is 0 Å². The largest absolute Gasteiger partial charge is 0.364 e. The highest BCUT2D eigenvalue weighted by Gasteiger charge is 2.18. The fraction of sp³-hybridized carbons (Fsp3) is 0. The minimum atomic E-state index is -0.832. The molecule has 0 spiro atoms. The van der Waals surface area contributed by atoms with E-state index in [1.165, 1.54) is 12.3 Å². The molecule has 0 aliphatic heterocycles. The summed E-state index contributed by atoms with van der Waals surface area (Å²) in [5.74, 6) is -0.832. The number of nitrogens with one attached hydrogen (secondary N) is 1. The highest BCUT2D eigenvalue weighted by Crippen LogP contribution is 2.14. The van der Waals surface area contributed by atoms with Gasteiger partial charge in [-0.05, 0) is 0 Å². The number of amides is 1. The summed E-state index contributed by atoms with van der Waals surface area (Å²) in [6, 6.07) is 1.18. The van der Waals surface area contributed by atoms with Crippen LogP contribution in [0.2, 0.25) is 0 Å². The number of rotatable bonds is 2. The zero-order chi connectivity index (χ0) is 8.43. The lowest BCUT2D eigenvalue weighted by Gasteiger charge is -1.88. The van der Waals surface area contributed by atoms with Gasteiger partial charge in [0.15, 0.2) is 5.69 Å². The fourth-order valence-corrected chi connectivity index (χ4v) is 0.711. The van der Waals surface area contributed by atoms with Crippen molar-refractivity contribution in [2.75, 3.05) is 0 Å². The second-order valence-corrected chi connectivity index (χ2v) is 1.86. The van der Waals surface area contributed by atoms with Crippen LogP contribution in [0.3, 0.4) is 0 Å². The van der Waals surface area contributed by atoms with Gasteiger partial charge < -0.3 is 10.7 Å². The van der Waals surface area contributed by atoms with E-state index >= 15 is 0 Å². The van der Waals surface area contributed by atoms with Gasteiger partial charge in [-0.15, -0.1) is 0 Å². The van der Waals surface area contributed by atoms with Crippen molar-refractivity contribution in [3.63, 3.8) is 0 Å². The van der Waals surface area contributed by atoms with Crippen LogP contribution < -0.4 is 5.73 Å². The summed E-state index contributed by atoms with van der Waals surface area (Å²) >= 11 is 0. The Hall–Kier alpha value is -1.85. The lowest BCUT2D eigenvalue weighted by atomic mass is 10.3. The van der Waals surface area contributed by atoms with Crippen molar-refractivity contribution in [1.29, 1.82) is 0 Å². The van der Waals surface area contributed by atoms with E-state index in [9.17, 15) is 14.9 Å². The minimum absolute atomic E-state index is 0.171. The molecule has 0 radical (unpaired) electrons. The van der Waals surface area contributed by atoms with E-state index in [0.29, 0.717) is 0 Å².